The summed E-state index contributed by atoms with van der Waals surface area (Å²) in [5, 5.41) is 7.84. The molecule has 0 heterocycles. The highest BCUT2D eigenvalue weighted by Gasteiger charge is 2.34. The van der Waals surface area contributed by atoms with Crippen molar-refractivity contribution in [1.82, 2.24) is 4.90 Å². The van der Waals surface area contributed by atoms with Crippen molar-refractivity contribution >= 4 is 17.8 Å². The normalized spacial score (nSPS) is 11.3. The summed E-state index contributed by atoms with van der Waals surface area (Å²) in [5.74, 6) is 1.04. The lowest BCUT2D eigenvalue weighted by atomic mass is 10.1. The Morgan fingerprint density at radius 3 is 1.90 bits per heavy atom. The number of ether oxygens (including phenoxy) is 5. The third-order valence-electron chi connectivity index (χ3n) is 6.39. The van der Waals surface area contributed by atoms with Crippen molar-refractivity contribution in [2.75, 3.05) is 26.4 Å². The van der Waals surface area contributed by atoms with E-state index in [2.05, 4.69) is 0 Å². The number of esters is 1. The highest BCUT2D eigenvalue weighted by atomic mass is 16.6. The molecule has 0 aliphatic heterocycles. The summed E-state index contributed by atoms with van der Waals surface area (Å²) >= 11 is 0. The molecule has 9 nitrogen and oxygen atoms in total. The average Bonchev–Trinajstić information content (AvgIpc) is 2.92. The minimum Gasteiger partial charge on any atom is -0.494 e. The summed E-state index contributed by atoms with van der Waals surface area (Å²) < 4.78 is 28.3. The SMILES string of the molecule is CCOC(=N)c1ccc(OCCCCCOc2ccc(C(=O)N(C(C)C)C(C)C)c(OC(C)(C)C(=O)OCC)c2)cc1. The molecule has 0 radical (unpaired) electrons. The van der Waals surface area contributed by atoms with E-state index in [1.165, 1.54) is 0 Å². The fourth-order valence-electron chi connectivity index (χ4n) is 4.37. The molecule has 0 spiro atoms. The Kier molecular flexibility index (Phi) is 13.6. The molecule has 232 valence electrons. The highest BCUT2D eigenvalue weighted by molar-refractivity contribution is 5.97. The maximum atomic E-state index is 13.5. The Morgan fingerprint density at radius 1 is 0.810 bits per heavy atom. The first-order valence-corrected chi connectivity index (χ1v) is 14.8. The monoisotopic (exact) mass is 584 g/mol. The number of amides is 1. The van der Waals surface area contributed by atoms with Crippen molar-refractivity contribution in [1.29, 1.82) is 5.41 Å². The topological polar surface area (TPSA) is 107 Å². The van der Waals surface area contributed by atoms with Gasteiger partial charge in [-0.25, -0.2) is 4.79 Å². The Hall–Kier alpha value is -3.75. The quantitative estimate of drug-likeness (QED) is 0.0959. The number of nitrogens with zero attached hydrogens (tertiary/aromatic N) is 1. The van der Waals surface area contributed by atoms with Crippen molar-refractivity contribution in [2.45, 2.75) is 92.3 Å². The molecule has 9 heteroatoms. The number of benzene rings is 2. The van der Waals surface area contributed by atoms with E-state index in [0.29, 0.717) is 36.7 Å². The lowest BCUT2D eigenvalue weighted by Crippen LogP contribution is -2.43. The molecule has 0 unspecified atom stereocenters. The van der Waals surface area contributed by atoms with Gasteiger partial charge in [-0.1, -0.05) is 0 Å². The fourth-order valence-corrected chi connectivity index (χ4v) is 4.37. The largest absolute Gasteiger partial charge is 0.494 e. The summed E-state index contributed by atoms with van der Waals surface area (Å²) in [6.45, 7) is 16.4. The molecule has 0 aromatic heterocycles. The molecule has 2 aromatic rings. The molecule has 0 bridgehead atoms. The van der Waals surface area contributed by atoms with E-state index >= 15 is 0 Å². The van der Waals surface area contributed by atoms with Gasteiger partial charge < -0.3 is 28.6 Å². The van der Waals surface area contributed by atoms with Crippen LogP contribution in [0.4, 0.5) is 0 Å². The molecule has 42 heavy (non-hydrogen) atoms. The number of carbonyl (C=O) groups excluding carboxylic acids is 2. The van der Waals surface area contributed by atoms with Crippen LogP contribution in [-0.2, 0) is 14.3 Å². The van der Waals surface area contributed by atoms with Gasteiger partial charge in [-0.3, -0.25) is 10.2 Å². The molecule has 2 rings (SSSR count). The first-order valence-electron chi connectivity index (χ1n) is 14.8. The summed E-state index contributed by atoms with van der Waals surface area (Å²) in [5.41, 5.74) is -0.217. The Bertz CT molecular complexity index is 1150. The Balaban J connectivity index is 1.98. The van der Waals surface area contributed by atoms with Crippen LogP contribution in [0.1, 0.15) is 90.6 Å². The van der Waals surface area contributed by atoms with Gasteiger partial charge in [0.1, 0.15) is 17.2 Å². The highest BCUT2D eigenvalue weighted by Crippen LogP contribution is 2.31. The number of rotatable bonds is 17. The van der Waals surface area contributed by atoms with Crippen LogP contribution in [0.5, 0.6) is 17.2 Å². The van der Waals surface area contributed by atoms with Crippen LogP contribution >= 0.6 is 0 Å². The van der Waals surface area contributed by atoms with E-state index in [1.807, 2.05) is 58.9 Å². The van der Waals surface area contributed by atoms with Crippen molar-refractivity contribution in [3.05, 3.63) is 53.6 Å². The van der Waals surface area contributed by atoms with Gasteiger partial charge in [-0.15, -0.1) is 0 Å². The minimum atomic E-state index is -1.30. The zero-order chi connectivity index (χ0) is 31.3. The fraction of sp³-hybridized carbons (Fsp3) is 0.545. The van der Waals surface area contributed by atoms with Gasteiger partial charge in [0.2, 0.25) is 5.90 Å². The van der Waals surface area contributed by atoms with Gasteiger partial charge in [0.05, 0.1) is 32.0 Å². The smallest absolute Gasteiger partial charge is 0.349 e. The molecule has 0 saturated carbocycles. The first kappa shape index (κ1) is 34.5. The van der Waals surface area contributed by atoms with Gasteiger partial charge in [0, 0.05) is 23.7 Å². The zero-order valence-corrected chi connectivity index (χ0v) is 26.5. The molecular weight excluding hydrogens is 536 g/mol. The van der Waals surface area contributed by atoms with Crippen molar-refractivity contribution in [3.63, 3.8) is 0 Å². The van der Waals surface area contributed by atoms with E-state index in [1.54, 1.807) is 43.9 Å². The van der Waals surface area contributed by atoms with Crippen LogP contribution in [0.2, 0.25) is 0 Å². The standard InChI is InChI=1S/C33H48N2O7/c1-9-38-30(34)25-14-16-26(17-15-25)40-20-12-11-13-21-41-27-18-19-28(31(36)35(23(3)4)24(5)6)29(22-27)42-33(7,8)32(37)39-10-2/h14-19,22-24,34H,9-13,20-21H2,1-8H3. The van der Waals surface area contributed by atoms with Crippen LogP contribution < -0.4 is 14.2 Å². The predicted molar refractivity (Wildman–Crippen MR) is 164 cm³/mol. The molecule has 0 saturated heterocycles. The molecule has 0 aliphatic rings. The molecule has 0 atom stereocenters. The van der Waals surface area contributed by atoms with Gasteiger partial charge in [0.25, 0.3) is 5.91 Å². The van der Waals surface area contributed by atoms with Gasteiger partial charge >= 0.3 is 5.97 Å². The molecule has 0 fully saturated rings. The van der Waals surface area contributed by atoms with Crippen LogP contribution in [0, 0.1) is 5.41 Å². The maximum Gasteiger partial charge on any atom is 0.349 e. The third kappa shape index (κ3) is 10.3. The Morgan fingerprint density at radius 2 is 1.36 bits per heavy atom. The van der Waals surface area contributed by atoms with Crippen LogP contribution in [0.3, 0.4) is 0 Å². The molecule has 1 N–H and O–H groups in total. The van der Waals surface area contributed by atoms with Gasteiger partial charge in [-0.05, 0) is 111 Å². The number of nitrogens with one attached hydrogen (secondary N) is 1. The number of hydrogen-bond donors (Lipinski definition) is 1. The van der Waals surface area contributed by atoms with Crippen molar-refractivity contribution in [2.24, 2.45) is 0 Å². The number of unbranched alkanes of at least 4 members (excludes halogenated alkanes) is 2. The number of carbonyl (C=O) groups is 2. The lowest BCUT2D eigenvalue weighted by Gasteiger charge is -2.32. The van der Waals surface area contributed by atoms with Crippen LogP contribution in [0.15, 0.2) is 42.5 Å². The van der Waals surface area contributed by atoms with Crippen molar-refractivity contribution in [3.8, 4) is 17.2 Å². The van der Waals surface area contributed by atoms with Gasteiger partial charge in [-0.2, -0.15) is 0 Å². The molecular formula is C33H48N2O7. The maximum absolute atomic E-state index is 13.5. The summed E-state index contributed by atoms with van der Waals surface area (Å²) in [6.07, 6.45) is 2.57. The molecule has 2 aromatic carbocycles. The van der Waals surface area contributed by atoms with E-state index in [0.717, 1.165) is 25.0 Å². The van der Waals surface area contributed by atoms with Crippen LogP contribution in [0.25, 0.3) is 0 Å². The Labute approximate surface area is 250 Å². The van der Waals surface area contributed by atoms with Gasteiger partial charge in [0.15, 0.2) is 5.60 Å². The van der Waals surface area contributed by atoms with Crippen LogP contribution in [-0.4, -0.2) is 66.8 Å². The van der Waals surface area contributed by atoms with E-state index in [-0.39, 0.29) is 36.2 Å². The predicted octanol–water partition coefficient (Wildman–Crippen LogP) is 6.66. The van der Waals surface area contributed by atoms with Crippen molar-refractivity contribution < 1.29 is 33.3 Å². The van der Waals surface area contributed by atoms with E-state index in [9.17, 15) is 9.59 Å². The second-order valence-electron chi connectivity index (χ2n) is 10.9. The lowest BCUT2D eigenvalue weighted by molar-refractivity contribution is -0.158. The minimum absolute atomic E-state index is 0.0160. The van der Waals surface area contributed by atoms with E-state index < -0.39 is 11.6 Å². The third-order valence-corrected chi connectivity index (χ3v) is 6.39. The van der Waals surface area contributed by atoms with E-state index in [4.69, 9.17) is 29.1 Å². The summed E-state index contributed by atoms with van der Waals surface area (Å²) in [4.78, 5) is 27.9. The zero-order valence-electron chi connectivity index (χ0n) is 26.5. The second kappa shape index (κ2) is 16.6. The first-order chi connectivity index (χ1) is 19.9. The molecule has 1 amide bonds. The number of hydrogen-bond acceptors (Lipinski definition) is 8. The average molecular weight is 585 g/mol. The second-order valence-corrected chi connectivity index (χ2v) is 10.9. The molecule has 0 aliphatic carbocycles. The summed E-state index contributed by atoms with van der Waals surface area (Å²) in [7, 11) is 0. The summed E-state index contributed by atoms with van der Waals surface area (Å²) in [6, 6.07) is 12.4.